The first-order chi connectivity index (χ1) is 32.8. The number of carbonyl (C=O) groups excluding carboxylic acids is 4. The Morgan fingerprint density at radius 2 is 1.62 bits per heavy atom. The third-order valence-corrected chi connectivity index (χ3v) is 12.7. The van der Waals surface area contributed by atoms with E-state index in [0.29, 0.717) is 42.7 Å². The van der Waals surface area contributed by atoms with Crippen molar-refractivity contribution in [1.82, 2.24) is 20.2 Å². The van der Waals surface area contributed by atoms with Gasteiger partial charge in [-0.15, -0.1) is 0 Å². The van der Waals surface area contributed by atoms with Gasteiger partial charge in [-0.3, -0.25) is 9.59 Å². The molecular weight excluding hydrogens is 904 g/mol. The van der Waals surface area contributed by atoms with E-state index in [1.54, 1.807) is 49.6 Å². The highest BCUT2D eigenvalue weighted by molar-refractivity contribution is 5.92. The molecule has 19 heteroatoms. The number of hydrogen-bond acceptors (Lipinski definition) is 12. The monoisotopic (exact) mass is 955 g/mol. The van der Waals surface area contributed by atoms with E-state index in [2.05, 4.69) is 34.9 Å². The summed E-state index contributed by atoms with van der Waals surface area (Å²) in [5.74, 6) is -5.44. The Hall–Kier alpha value is -7.28. The van der Waals surface area contributed by atoms with Gasteiger partial charge in [0.25, 0.3) is 5.56 Å². The Labute approximate surface area is 394 Å². The Bertz CT molecular complexity index is 2850. The van der Waals surface area contributed by atoms with Crippen molar-refractivity contribution in [2.24, 2.45) is 11.7 Å². The van der Waals surface area contributed by atoms with Crippen molar-refractivity contribution in [2.45, 2.75) is 103 Å². The van der Waals surface area contributed by atoms with E-state index in [9.17, 15) is 42.3 Å². The van der Waals surface area contributed by atoms with Crippen LogP contribution in [0.4, 0.5) is 18.0 Å². The zero-order valence-electron chi connectivity index (χ0n) is 38.3. The van der Waals surface area contributed by atoms with Gasteiger partial charge in [-0.25, -0.2) is 24.2 Å². The highest BCUT2D eigenvalue weighted by atomic mass is 19.4. The molecule has 5 aromatic rings. The number of benzene rings is 3. The van der Waals surface area contributed by atoms with Crippen LogP contribution in [0.2, 0.25) is 0 Å². The average molecular weight is 956 g/mol. The predicted octanol–water partition coefficient (Wildman–Crippen LogP) is 6.71. The Kier molecular flexibility index (Phi) is 14.5. The molecule has 0 fully saturated rings. The number of nitrogens with two attached hydrogens (primary N) is 1. The van der Waals surface area contributed by atoms with Crippen molar-refractivity contribution in [3.63, 3.8) is 0 Å². The molecule has 16 nitrogen and oxygen atoms in total. The SMILES string of the molecule is CCc1c2c(nc3ccc(O)cc13)-c1cc3c(c(=O)n1C2)COC(=O)[C@@]3(CC)OC(=O)[C@@H](NC(=O)[C@@H](N)CCCCNC(=O)OCC1c2ccccc2-c2ccccc21)C(C)C.O=C(O)C(F)(F)F. The fraction of sp³-hybridized carbons (Fsp3) is 0.380. The summed E-state index contributed by atoms with van der Waals surface area (Å²) in [4.78, 5) is 81.8. The Morgan fingerprint density at radius 3 is 2.23 bits per heavy atom. The zero-order valence-corrected chi connectivity index (χ0v) is 38.3. The number of phenolic OH excluding ortho intramolecular Hbond substituents is 1. The van der Waals surface area contributed by atoms with Crippen molar-refractivity contribution < 1.29 is 61.6 Å². The lowest BCUT2D eigenvalue weighted by atomic mass is 9.85. The van der Waals surface area contributed by atoms with Gasteiger partial charge in [0.1, 0.15) is 25.0 Å². The molecule has 0 unspecified atom stereocenters. The number of amides is 2. The normalized spacial score (nSPS) is 16.4. The maximum atomic E-state index is 14.2. The fourth-order valence-electron chi connectivity index (χ4n) is 9.16. The molecule has 3 aromatic carbocycles. The van der Waals surface area contributed by atoms with Crippen LogP contribution in [-0.4, -0.2) is 81.1 Å². The fourth-order valence-corrected chi connectivity index (χ4v) is 9.16. The van der Waals surface area contributed by atoms with Gasteiger partial charge in [-0.1, -0.05) is 76.2 Å². The second-order valence-corrected chi connectivity index (χ2v) is 17.4. The first-order valence-electron chi connectivity index (χ1n) is 22.6. The molecule has 3 atom stereocenters. The average Bonchev–Trinajstić information content (AvgIpc) is 3.85. The number of phenols is 1. The number of fused-ring (bicyclic) bond motifs is 8. The summed E-state index contributed by atoms with van der Waals surface area (Å²) in [6.45, 7) is 7.58. The van der Waals surface area contributed by atoms with E-state index < -0.39 is 59.7 Å². The maximum absolute atomic E-state index is 14.2. The Balaban J connectivity index is 0.000000933. The number of alkyl carbamates (subject to hydrolysis) is 1. The van der Waals surface area contributed by atoms with E-state index in [1.165, 1.54) is 0 Å². The molecule has 4 heterocycles. The minimum atomic E-state index is -5.08. The largest absolute Gasteiger partial charge is 0.508 e. The molecular formula is C50H52F3N5O11. The molecule has 2 aromatic heterocycles. The topological polar surface area (TPSA) is 238 Å². The number of cyclic esters (lactones) is 1. The number of carboxylic acid groups (broad SMARTS) is 1. The van der Waals surface area contributed by atoms with Gasteiger partial charge in [0.2, 0.25) is 11.5 Å². The molecule has 0 radical (unpaired) electrons. The number of carbonyl (C=O) groups is 5. The number of esters is 2. The van der Waals surface area contributed by atoms with Crippen LogP contribution in [0, 0.1) is 5.92 Å². The number of aromatic hydroxyl groups is 1. The van der Waals surface area contributed by atoms with Gasteiger partial charge in [0, 0.05) is 29.0 Å². The van der Waals surface area contributed by atoms with Crippen LogP contribution in [0.5, 0.6) is 5.75 Å². The molecule has 2 amide bonds. The van der Waals surface area contributed by atoms with Gasteiger partial charge < -0.3 is 45.4 Å². The van der Waals surface area contributed by atoms with Gasteiger partial charge >= 0.3 is 30.2 Å². The van der Waals surface area contributed by atoms with Crippen molar-refractivity contribution in [3.05, 3.63) is 117 Å². The van der Waals surface area contributed by atoms with Gasteiger partial charge in [0.15, 0.2) is 0 Å². The summed E-state index contributed by atoms with van der Waals surface area (Å²) < 4.78 is 50.6. The summed E-state index contributed by atoms with van der Waals surface area (Å²) in [6, 6.07) is 20.7. The lowest BCUT2D eigenvalue weighted by Crippen LogP contribution is -2.54. The smallest absolute Gasteiger partial charge is 0.490 e. The number of pyridine rings is 2. The third-order valence-electron chi connectivity index (χ3n) is 12.7. The van der Waals surface area contributed by atoms with Gasteiger partial charge in [0.05, 0.1) is 35.1 Å². The van der Waals surface area contributed by atoms with Crippen LogP contribution in [-0.2, 0) is 58.6 Å². The molecule has 3 aliphatic rings. The van der Waals surface area contributed by atoms with Crippen LogP contribution in [0.1, 0.15) is 92.7 Å². The standard InChI is InChI=1S/C48H51N5O9.C2HF3O2/c1-5-28-33-21-27(54)18-19-39(33)51-42-34(28)23-53-40(42)22-37-36(44(53)56)25-60-46(58)48(37,6-2)62-45(57)41(26(3)4)52-43(55)38(49)17-11-12-20-50-47(59)61-24-35-31-15-9-7-13-29(31)30-14-8-10-16-32(30)35;3-2(4,5)1(6)7/h7-10,13-16,18-19,21-22,26,35,38,41,54H,5-6,11-12,17,20,23-25,49H2,1-4H3,(H,50,59)(H,52,55);(H,6,7)/t38-,41-,48-;/m0./s1. The van der Waals surface area contributed by atoms with Gasteiger partial charge in [-0.2, -0.15) is 13.2 Å². The van der Waals surface area contributed by atoms with Crippen molar-refractivity contribution in [3.8, 4) is 28.3 Å². The van der Waals surface area contributed by atoms with E-state index >= 15 is 0 Å². The lowest BCUT2D eigenvalue weighted by Gasteiger charge is -2.37. The summed E-state index contributed by atoms with van der Waals surface area (Å²) >= 11 is 0. The minimum Gasteiger partial charge on any atom is -0.508 e. The number of aliphatic carboxylic acids is 1. The predicted molar refractivity (Wildman–Crippen MR) is 245 cm³/mol. The second kappa shape index (κ2) is 20.1. The highest BCUT2D eigenvalue weighted by Gasteiger charge is 2.51. The highest BCUT2D eigenvalue weighted by Crippen LogP contribution is 2.45. The third kappa shape index (κ3) is 9.86. The number of alkyl halides is 3. The summed E-state index contributed by atoms with van der Waals surface area (Å²) in [5.41, 5.74) is 12.4. The van der Waals surface area contributed by atoms with Crippen molar-refractivity contribution >= 4 is 40.8 Å². The summed E-state index contributed by atoms with van der Waals surface area (Å²) in [7, 11) is 0. The summed E-state index contributed by atoms with van der Waals surface area (Å²) in [6.07, 6.45) is -3.72. The number of unbranched alkanes of at least 4 members (excludes halogenated alkanes) is 1. The van der Waals surface area contributed by atoms with E-state index in [4.69, 9.17) is 34.8 Å². The number of carboxylic acids is 1. The second-order valence-electron chi connectivity index (χ2n) is 17.4. The number of rotatable bonds is 14. The first-order valence-corrected chi connectivity index (χ1v) is 22.6. The van der Waals surface area contributed by atoms with E-state index in [1.807, 2.05) is 31.2 Å². The van der Waals surface area contributed by atoms with Gasteiger partial charge in [-0.05, 0) is 90.1 Å². The van der Waals surface area contributed by atoms with Crippen LogP contribution >= 0.6 is 0 Å². The first kappa shape index (κ1) is 49.6. The Morgan fingerprint density at radius 1 is 0.971 bits per heavy atom. The van der Waals surface area contributed by atoms with Crippen LogP contribution in [0.15, 0.2) is 77.6 Å². The number of ether oxygens (including phenoxy) is 3. The van der Waals surface area contributed by atoms with Crippen LogP contribution in [0.3, 0.4) is 0 Å². The number of aromatic nitrogens is 2. The molecule has 1 aliphatic carbocycles. The van der Waals surface area contributed by atoms with Crippen molar-refractivity contribution in [2.75, 3.05) is 13.2 Å². The van der Waals surface area contributed by atoms with E-state index in [-0.39, 0.29) is 61.0 Å². The molecule has 0 saturated heterocycles. The summed E-state index contributed by atoms with van der Waals surface area (Å²) in [5, 5.41) is 23.6. The molecule has 8 rings (SSSR count). The van der Waals surface area contributed by atoms with Crippen LogP contribution in [0.25, 0.3) is 33.4 Å². The van der Waals surface area contributed by atoms with E-state index in [0.717, 1.165) is 38.8 Å². The molecule has 0 saturated carbocycles. The quantitative estimate of drug-likeness (QED) is 0.0434. The number of halogens is 3. The molecule has 6 N–H and O–H groups in total. The van der Waals surface area contributed by atoms with Crippen LogP contribution < -0.4 is 21.9 Å². The molecule has 0 spiro atoms. The lowest BCUT2D eigenvalue weighted by molar-refractivity contribution is -0.192. The molecule has 69 heavy (non-hydrogen) atoms. The molecule has 364 valence electrons. The number of aryl methyl sites for hydroxylation is 1. The molecule has 0 bridgehead atoms. The minimum absolute atomic E-state index is 0.0483. The maximum Gasteiger partial charge on any atom is 0.490 e. The number of nitrogens with zero attached hydrogens (tertiary/aromatic N) is 2. The zero-order chi connectivity index (χ0) is 49.9. The van der Waals surface area contributed by atoms with Crippen molar-refractivity contribution in [1.29, 1.82) is 0 Å². The molecule has 2 aliphatic heterocycles. The number of nitrogens with one attached hydrogen (secondary N) is 2. The number of hydrogen-bond donors (Lipinski definition) is 5.